The normalized spacial score (nSPS) is 29.8. The fourth-order valence-electron chi connectivity index (χ4n) is 0.942. The Morgan fingerprint density at radius 1 is 0.667 bits per heavy atom. The smallest absolute Gasteiger partial charge is 0.244 e. The zero-order valence-corrected chi connectivity index (χ0v) is 10.6. The van der Waals surface area contributed by atoms with Gasteiger partial charge in [0.1, 0.15) is 0 Å². The number of rotatable bonds is 0. The van der Waals surface area contributed by atoms with E-state index in [0.29, 0.717) is 22.8 Å². The van der Waals surface area contributed by atoms with Crippen molar-refractivity contribution in [3.63, 3.8) is 0 Å². The molecule has 1 rings (SSSR count). The second-order valence-electron chi connectivity index (χ2n) is 3.62. The number of amides is 4. The average molecular weight is 250 g/mol. The largest absolute Gasteiger partial charge is 0.361 e. The third-order valence-corrected chi connectivity index (χ3v) is 2.22. The molecule has 8 heteroatoms. The van der Waals surface area contributed by atoms with Crippen molar-refractivity contribution >= 4 is 34.9 Å². The summed E-state index contributed by atoms with van der Waals surface area (Å²) in [5.41, 5.74) is 6.08. The second-order valence-corrected chi connectivity index (χ2v) is 3.62. The fraction of sp³-hybridized carbons (Fsp3) is 0.400. The van der Waals surface area contributed by atoms with Gasteiger partial charge in [0.25, 0.3) is 0 Å². The van der Waals surface area contributed by atoms with Crippen LogP contribution in [0, 0.1) is 0 Å². The van der Waals surface area contributed by atoms with Crippen molar-refractivity contribution in [1.29, 1.82) is 0 Å². The van der Waals surface area contributed by atoms with Crippen molar-refractivity contribution < 1.29 is 9.59 Å². The van der Waals surface area contributed by atoms with Crippen LogP contribution in [0.25, 0.3) is 0 Å². The van der Waals surface area contributed by atoms with Crippen molar-refractivity contribution in [2.75, 3.05) is 0 Å². The van der Waals surface area contributed by atoms with E-state index in [0.717, 1.165) is 0 Å². The van der Waals surface area contributed by atoms with E-state index in [1.54, 1.807) is 27.7 Å². The first kappa shape index (κ1) is 13.7. The molecule has 1 aliphatic heterocycles. The molecular weight excluding hydrogens is 236 g/mol. The first-order valence-corrected chi connectivity index (χ1v) is 5.20. The number of aliphatic imine (C=N–C) groups is 2. The van der Waals surface area contributed by atoms with Gasteiger partial charge in [0.15, 0.2) is 0 Å². The number of hydrazone groups is 2. The van der Waals surface area contributed by atoms with E-state index < -0.39 is 12.1 Å². The maximum Gasteiger partial charge on any atom is 0.361 e. The zero-order valence-electron chi connectivity index (χ0n) is 10.6. The molecule has 1 heterocycles. The van der Waals surface area contributed by atoms with Gasteiger partial charge in [-0.15, -0.1) is 0 Å². The third-order valence-electron chi connectivity index (χ3n) is 2.22. The van der Waals surface area contributed by atoms with Crippen molar-refractivity contribution in [2.45, 2.75) is 27.7 Å². The molecule has 0 aliphatic carbocycles. The van der Waals surface area contributed by atoms with E-state index in [2.05, 4.69) is 31.0 Å². The number of hydrogen-bond acceptors (Lipinski definition) is 4. The van der Waals surface area contributed by atoms with Crippen LogP contribution in [0.1, 0.15) is 27.7 Å². The molecule has 96 valence electrons. The van der Waals surface area contributed by atoms with Crippen molar-refractivity contribution in [3.8, 4) is 0 Å². The van der Waals surface area contributed by atoms with Gasteiger partial charge < -0.3 is 0 Å². The molecule has 0 aromatic heterocycles. The van der Waals surface area contributed by atoms with Crippen molar-refractivity contribution in [1.82, 2.24) is 10.9 Å². The van der Waals surface area contributed by atoms with Gasteiger partial charge in [-0.05, 0) is 27.7 Å². The van der Waals surface area contributed by atoms with Gasteiger partial charge in [-0.3, -0.25) is 0 Å². The zero-order chi connectivity index (χ0) is 13.7. The number of urea groups is 2. The summed E-state index contributed by atoms with van der Waals surface area (Å²) in [6.45, 7) is 6.43. The van der Waals surface area contributed by atoms with Crippen LogP contribution >= 0.6 is 0 Å². The lowest BCUT2D eigenvalue weighted by molar-refractivity contribution is 0.248. The Morgan fingerprint density at radius 3 is 1.33 bits per heavy atom. The average Bonchev–Trinajstić information content (AvgIpc) is 2.31. The summed E-state index contributed by atoms with van der Waals surface area (Å²) in [6.07, 6.45) is 0. The van der Waals surface area contributed by atoms with E-state index in [1.807, 2.05) is 0 Å². The number of nitrogens with zero attached hydrogens (tertiary/aromatic N) is 4. The molecule has 0 unspecified atom stereocenters. The highest BCUT2D eigenvalue weighted by atomic mass is 16.2. The SMILES string of the molecule is CC1=N/NC(=O)/N=C(C)\C(C)=N\C(=O)N\N=C\1C. The van der Waals surface area contributed by atoms with Crippen LogP contribution in [0.2, 0.25) is 0 Å². The maximum absolute atomic E-state index is 11.4. The van der Waals surface area contributed by atoms with Crippen LogP contribution in [-0.4, -0.2) is 34.9 Å². The van der Waals surface area contributed by atoms with E-state index in [1.165, 1.54) is 0 Å². The molecule has 1 aliphatic rings. The topological polar surface area (TPSA) is 108 Å². The summed E-state index contributed by atoms with van der Waals surface area (Å²) < 4.78 is 0. The monoisotopic (exact) mass is 250 g/mol. The Bertz CT molecular complexity index is 454. The molecular formula is C10H14N6O2. The fourth-order valence-corrected chi connectivity index (χ4v) is 0.942. The molecule has 0 atom stereocenters. The van der Waals surface area contributed by atoms with Crippen molar-refractivity contribution in [2.24, 2.45) is 20.2 Å². The molecule has 0 bridgehead atoms. The first-order chi connectivity index (χ1) is 8.40. The predicted molar refractivity (Wildman–Crippen MR) is 69.5 cm³/mol. The van der Waals surface area contributed by atoms with Crippen LogP contribution in [0.5, 0.6) is 0 Å². The number of carbonyl (C=O) groups excluding carboxylic acids is 2. The standard InChI is InChI=1S/C10H14N6O2/c1-5-6(2)12-10(18)16-14-8(4)7(3)13-15-9(17)11-5/h1-4H3,(H,11,15,17)(H,12,16,18). The summed E-state index contributed by atoms with van der Waals surface area (Å²) in [6, 6.07) is -1.26. The molecule has 4 amide bonds. The van der Waals surface area contributed by atoms with Gasteiger partial charge in [-0.25, -0.2) is 20.4 Å². The molecule has 0 saturated carbocycles. The van der Waals surface area contributed by atoms with Crippen molar-refractivity contribution in [3.05, 3.63) is 0 Å². The van der Waals surface area contributed by atoms with Crippen LogP contribution < -0.4 is 10.9 Å². The van der Waals surface area contributed by atoms with E-state index in [-0.39, 0.29) is 0 Å². The summed E-state index contributed by atoms with van der Waals surface area (Å²) in [4.78, 5) is 30.2. The molecule has 8 nitrogen and oxygen atoms in total. The minimum absolute atomic E-state index is 0.330. The molecule has 2 N–H and O–H groups in total. The number of hydrogen-bond donors (Lipinski definition) is 2. The lowest BCUT2D eigenvalue weighted by atomic mass is 10.3. The summed E-state index contributed by atoms with van der Waals surface area (Å²) in [5.74, 6) is 0. The van der Waals surface area contributed by atoms with Gasteiger partial charge in [-0.2, -0.15) is 20.2 Å². The van der Waals surface area contributed by atoms with Crippen LogP contribution in [0.3, 0.4) is 0 Å². The second kappa shape index (κ2) is 5.80. The predicted octanol–water partition coefficient (Wildman–Crippen LogP) is 1.09. The minimum Gasteiger partial charge on any atom is -0.244 e. The van der Waals surface area contributed by atoms with Gasteiger partial charge in [0.2, 0.25) is 0 Å². The third kappa shape index (κ3) is 3.89. The number of carbonyl (C=O) groups is 2. The molecule has 0 saturated heterocycles. The van der Waals surface area contributed by atoms with Crippen LogP contribution in [-0.2, 0) is 0 Å². The molecule has 18 heavy (non-hydrogen) atoms. The molecule has 0 spiro atoms. The van der Waals surface area contributed by atoms with Crippen LogP contribution in [0.15, 0.2) is 20.2 Å². The highest BCUT2D eigenvalue weighted by molar-refractivity contribution is 6.43. The highest BCUT2D eigenvalue weighted by Gasteiger charge is 2.07. The lowest BCUT2D eigenvalue weighted by Gasteiger charge is -2.04. The Kier molecular flexibility index (Phi) is 4.41. The van der Waals surface area contributed by atoms with E-state index in [4.69, 9.17) is 0 Å². The molecule has 0 radical (unpaired) electrons. The Morgan fingerprint density at radius 2 is 1.00 bits per heavy atom. The molecule has 0 aromatic carbocycles. The molecule has 0 aromatic rings. The summed E-state index contributed by atoms with van der Waals surface area (Å²) in [7, 11) is 0. The van der Waals surface area contributed by atoms with Crippen LogP contribution in [0.4, 0.5) is 9.59 Å². The van der Waals surface area contributed by atoms with E-state index >= 15 is 0 Å². The minimum atomic E-state index is -0.629. The lowest BCUT2D eigenvalue weighted by Crippen LogP contribution is -2.25. The quantitative estimate of drug-likeness (QED) is 0.671. The summed E-state index contributed by atoms with van der Waals surface area (Å²) >= 11 is 0. The first-order valence-electron chi connectivity index (χ1n) is 5.20. The summed E-state index contributed by atoms with van der Waals surface area (Å²) in [5, 5.41) is 7.58. The van der Waals surface area contributed by atoms with Gasteiger partial charge in [0.05, 0.1) is 22.8 Å². The highest BCUT2D eigenvalue weighted by Crippen LogP contribution is 1.91. The van der Waals surface area contributed by atoms with Gasteiger partial charge in [0, 0.05) is 0 Å². The molecule has 0 fully saturated rings. The Balaban J connectivity index is 3.13. The maximum atomic E-state index is 11.4. The number of nitrogens with one attached hydrogen (secondary N) is 2. The van der Waals surface area contributed by atoms with Gasteiger partial charge >= 0.3 is 12.1 Å². The Labute approximate surface area is 104 Å². The van der Waals surface area contributed by atoms with E-state index in [9.17, 15) is 9.59 Å². The Hall–Kier alpha value is -2.38. The van der Waals surface area contributed by atoms with Gasteiger partial charge in [-0.1, -0.05) is 0 Å².